The maximum Gasteiger partial charge on any atom is 0.308 e. The zero-order valence-corrected chi connectivity index (χ0v) is 8.86. The summed E-state index contributed by atoms with van der Waals surface area (Å²) in [5.41, 5.74) is 1.17. The third-order valence-corrected chi connectivity index (χ3v) is 2.65. The first-order valence-electron chi connectivity index (χ1n) is 4.79. The molecule has 0 unspecified atom stereocenters. The molecule has 1 rings (SSSR count). The molecule has 0 spiro atoms. The zero-order chi connectivity index (χ0) is 10.6. The van der Waals surface area contributed by atoms with Crippen LogP contribution < -0.4 is 0 Å². The summed E-state index contributed by atoms with van der Waals surface area (Å²) in [4.78, 5) is 11.3. The Labute approximate surface area is 84.9 Å². The van der Waals surface area contributed by atoms with Crippen molar-refractivity contribution in [2.24, 2.45) is 5.92 Å². The van der Waals surface area contributed by atoms with Crippen molar-refractivity contribution < 1.29 is 9.53 Å². The molecule has 0 N–H and O–H groups in total. The van der Waals surface area contributed by atoms with Crippen LogP contribution in [0.15, 0.2) is 30.3 Å². The fourth-order valence-electron chi connectivity index (χ4n) is 1.44. The predicted octanol–water partition coefficient (Wildman–Crippen LogP) is 2.60. The van der Waals surface area contributed by atoms with E-state index < -0.39 is 0 Å². The fourth-order valence-corrected chi connectivity index (χ4v) is 1.44. The van der Waals surface area contributed by atoms with Gasteiger partial charge in [0, 0.05) is 0 Å². The smallest absolute Gasteiger partial charge is 0.308 e. The quantitative estimate of drug-likeness (QED) is 0.688. The first-order valence-corrected chi connectivity index (χ1v) is 4.79. The number of benzene rings is 1. The van der Waals surface area contributed by atoms with E-state index in [4.69, 9.17) is 4.74 Å². The highest BCUT2D eigenvalue weighted by atomic mass is 16.5. The Morgan fingerprint density at radius 3 is 2.29 bits per heavy atom. The molecule has 76 valence electrons. The number of ether oxygens (including phenoxy) is 1. The van der Waals surface area contributed by atoms with Gasteiger partial charge in [-0.3, -0.25) is 4.79 Å². The predicted molar refractivity (Wildman–Crippen MR) is 56.0 cm³/mol. The molecule has 2 heteroatoms. The van der Waals surface area contributed by atoms with Gasteiger partial charge >= 0.3 is 5.97 Å². The Morgan fingerprint density at radius 2 is 1.79 bits per heavy atom. The number of rotatable bonds is 3. The summed E-state index contributed by atoms with van der Waals surface area (Å²) in [5, 5.41) is 0. The zero-order valence-electron chi connectivity index (χ0n) is 8.86. The Balaban J connectivity index is 2.75. The molecule has 14 heavy (non-hydrogen) atoms. The van der Waals surface area contributed by atoms with E-state index in [1.54, 1.807) is 0 Å². The van der Waals surface area contributed by atoms with E-state index in [2.05, 4.69) is 0 Å². The van der Waals surface area contributed by atoms with Crippen molar-refractivity contribution >= 4 is 5.97 Å². The second-order valence-electron chi connectivity index (χ2n) is 3.51. The Hall–Kier alpha value is -1.31. The van der Waals surface area contributed by atoms with Gasteiger partial charge in [-0.1, -0.05) is 44.2 Å². The molecule has 0 saturated heterocycles. The average Bonchev–Trinajstić information content (AvgIpc) is 2.27. The van der Waals surface area contributed by atoms with E-state index >= 15 is 0 Å². The van der Waals surface area contributed by atoms with Crippen LogP contribution in [0.25, 0.3) is 0 Å². The van der Waals surface area contributed by atoms with Gasteiger partial charge in [0.25, 0.3) is 0 Å². The van der Waals surface area contributed by atoms with E-state index in [0.717, 1.165) is 0 Å². The van der Waals surface area contributed by atoms with Crippen LogP contribution in [0.3, 0.4) is 0 Å². The molecule has 0 aromatic heterocycles. The summed E-state index contributed by atoms with van der Waals surface area (Å²) < 4.78 is 4.72. The molecular weight excluding hydrogens is 176 g/mol. The summed E-state index contributed by atoms with van der Waals surface area (Å²) in [6.07, 6.45) is 0. The highest BCUT2D eigenvalue weighted by Crippen LogP contribution is 2.24. The van der Waals surface area contributed by atoms with Crippen LogP contribution in [0.2, 0.25) is 0 Å². The lowest BCUT2D eigenvalue weighted by molar-refractivity contribution is -0.145. The normalized spacial score (nSPS) is 14.5. The first-order chi connectivity index (χ1) is 6.66. The Kier molecular flexibility index (Phi) is 3.69. The minimum absolute atomic E-state index is 0.0950. The monoisotopic (exact) mass is 192 g/mol. The van der Waals surface area contributed by atoms with Crippen LogP contribution in [0.4, 0.5) is 0 Å². The average molecular weight is 192 g/mol. The van der Waals surface area contributed by atoms with Crippen molar-refractivity contribution in [1.82, 2.24) is 0 Å². The number of carbonyl (C=O) groups excluding carboxylic acids is 1. The van der Waals surface area contributed by atoms with Gasteiger partial charge in [0.05, 0.1) is 13.0 Å². The maximum absolute atomic E-state index is 11.3. The van der Waals surface area contributed by atoms with Crippen molar-refractivity contribution in [2.45, 2.75) is 19.8 Å². The van der Waals surface area contributed by atoms with Gasteiger partial charge in [-0.15, -0.1) is 0 Å². The van der Waals surface area contributed by atoms with E-state index in [-0.39, 0.29) is 17.8 Å². The van der Waals surface area contributed by atoms with Crippen LogP contribution in [0.1, 0.15) is 25.3 Å². The number of methoxy groups -OCH3 is 1. The molecule has 0 heterocycles. The summed E-state index contributed by atoms with van der Waals surface area (Å²) in [5.74, 6) is -0.0487. The first kappa shape index (κ1) is 10.8. The molecule has 0 amide bonds. The lowest BCUT2D eigenvalue weighted by atomic mass is 9.89. The molecule has 0 saturated carbocycles. The van der Waals surface area contributed by atoms with Gasteiger partial charge in [-0.25, -0.2) is 0 Å². The maximum atomic E-state index is 11.3. The summed E-state index contributed by atoms with van der Waals surface area (Å²) in [7, 11) is 1.43. The third-order valence-electron chi connectivity index (χ3n) is 2.65. The molecule has 2 atom stereocenters. The van der Waals surface area contributed by atoms with Gasteiger partial charge in [0.1, 0.15) is 0 Å². The van der Waals surface area contributed by atoms with Gasteiger partial charge < -0.3 is 4.74 Å². The largest absolute Gasteiger partial charge is 0.469 e. The van der Waals surface area contributed by atoms with Crippen molar-refractivity contribution in [2.75, 3.05) is 7.11 Å². The highest BCUT2D eigenvalue weighted by molar-refractivity contribution is 5.73. The van der Waals surface area contributed by atoms with Crippen LogP contribution in [-0.2, 0) is 9.53 Å². The van der Waals surface area contributed by atoms with Gasteiger partial charge in [0.15, 0.2) is 0 Å². The number of carbonyl (C=O) groups is 1. The topological polar surface area (TPSA) is 26.3 Å². The molecule has 1 aromatic carbocycles. The second-order valence-corrected chi connectivity index (χ2v) is 3.51. The molecule has 0 radical (unpaired) electrons. The molecule has 1 aromatic rings. The standard InChI is InChI=1S/C12H16O2/c1-9(10(2)12(13)14-3)11-7-5-4-6-8-11/h4-10H,1-3H3/t9-,10+/m0/s1. The third kappa shape index (κ3) is 2.34. The molecule has 0 aliphatic heterocycles. The molecule has 0 aliphatic carbocycles. The van der Waals surface area contributed by atoms with Gasteiger partial charge in [-0.2, -0.15) is 0 Å². The van der Waals surface area contributed by atoms with Crippen LogP contribution in [0.5, 0.6) is 0 Å². The van der Waals surface area contributed by atoms with Crippen LogP contribution in [-0.4, -0.2) is 13.1 Å². The van der Waals surface area contributed by atoms with Gasteiger partial charge in [-0.05, 0) is 11.5 Å². The van der Waals surface area contributed by atoms with Crippen molar-refractivity contribution in [1.29, 1.82) is 0 Å². The lowest BCUT2D eigenvalue weighted by Crippen LogP contribution is -2.18. The summed E-state index contributed by atoms with van der Waals surface area (Å²) >= 11 is 0. The Morgan fingerprint density at radius 1 is 1.21 bits per heavy atom. The molecule has 0 fully saturated rings. The SMILES string of the molecule is COC(=O)[C@H](C)[C@H](C)c1ccccc1. The number of hydrogen-bond donors (Lipinski definition) is 0. The van der Waals surface area contributed by atoms with E-state index in [0.29, 0.717) is 0 Å². The Bertz CT molecular complexity index is 292. The van der Waals surface area contributed by atoms with Crippen molar-refractivity contribution in [3.8, 4) is 0 Å². The summed E-state index contributed by atoms with van der Waals surface area (Å²) in [6.45, 7) is 3.93. The fraction of sp³-hybridized carbons (Fsp3) is 0.417. The van der Waals surface area contributed by atoms with E-state index in [9.17, 15) is 4.79 Å². The molecular formula is C12H16O2. The molecule has 0 bridgehead atoms. The number of esters is 1. The second kappa shape index (κ2) is 4.80. The molecule has 2 nitrogen and oxygen atoms in total. The van der Waals surface area contributed by atoms with Crippen molar-refractivity contribution in [3.63, 3.8) is 0 Å². The minimum atomic E-state index is -0.152. The number of hydrogen-bond acceptors (Lipinski definition) is 2. The van der Waals surface area contributed by atoms with Crippen molar-refractivity contribution in [3.05, 3.63) is 35.9 Å². The minimum Gasteiger partial charge on any atom is -0.469 e. The molecule has 0 aliphatic rings. The van der Waals surface area contributed by atoms with Crippen LogP contribution in [0, 0.1) is 5.92 Å². The van der Waals surface area contributed by atoms with E-state index in [1.165, 1.54) is 12.7 Å². The van der Waals surface area contributed by atoms with Crippen LogP contribution >= 0.6 is 0 Å². The highest BCUT2D eigenvalue weighted by Gasteiger charge is 2.21. The van der Waals surface area contributed by atoms with E-state index in [1.807, 2.05) is 44.2 Å². The van der Waals surface area contributed by atoms with Gasteiger partial charge in [0.2, 0.25) is 0 Å². The summed E-state index contributed by atoms with van der Waals surface area (Å²) in [6, 6.07) is 10.00. The lowest BCUT2D eigenvalue weighted by Gasteiger charge is -2.17.